The van der Waals surface area contributed by atoms with Crippen molar-refractivity contribution in [3.8, 4) is 0 Å². The van der Waals surface area contributed by atoms with Crippen molar-refractivity contribution in [3.05, 3.63) is 35.9 Å². The Hall–Kier alpha value is -1.59. The van der Waals surface area contributed by atoms with Crippen LogP contribution < -0.4 is 0 Å². The predicted octanol–water partition coefficient (Wildman–Crippen LogP) is 2.37. The van der Waals surface area contributed by atoms with E-state index in [0.29, 0.717) is 6.61 Å². The highest BCUT2D eigenvalue weighted by molar-refractivity contribution is 5.68. The van der Waals surface area contributed by atoms with Gasteiger partial charge >= 0.3 is 6.09 Å². The van der Waals surface area contributed by atoms with Crippen molar-refractivity contribution < 1.29 is 14.3 Å². The molecule has 1 saturated heterocycles. The Labute approximate surface area is 132 Å². The van der Waals surface area contributed by atoms with Gasteiger partial charge in [-0.2, -0.15) is 0 Å². The molecule has 0 radical (unpaired) electrons. The van der Waals surface area contributed by atoms with Gasteiger partial charge in [-0.25, -0.2) is 4.79 Å². The van der Waals surface area contributed by atoms with Crippen LogP contribution in [0.25, 0.3) is 0 Å². The van der Waals surface area contributed by atoms with E-state index in [1.54, 1.807) is 7.11 Å². The van der Waals surface area contributed by atoms with Crippen LogP contribution in [0.5, 0.6) is 0 Å². The van der Waals surface area contributed by atoms with E-state index in [-0.39, 0.29) is 12.1 Å². The van der Waals surface area contributed by atoms with Gasteiger partial charge in [0.2, 0.25) is 0 Å². The smallest absolute Gasteiger partial charge is 0.410 e. The summed E-state index contributed by atoms with van der Waals surface area (Å²) in [6, 6.07) is 9.94. The molecule has 0 aromatic heterocycles. The van der Waals surface area contributed by atoms with Crippen LogP contribution in [0.4, 0.5) is 4.79 Å². The van der Waals surface area contributed by atoms with Gasteiger partial charge in [-0.15, -0.1) is 0 Å². The van der Waals surface area contributed by atoms with Crippen molar-refractivity contribution >= 4 is 6.09 Å². The van der Waals surface area contributed by atoms with Gasteiger partial charge in [-0.1, -0.05) is 30.3 Å². The topological polar surface area (TPSA) is 42.0 Å². The maximum Gasteiger partial charge on any atom is 0.410 e. The fraction of sp³-hybridized carbons (Fsp3) is 0.588. The zero-order valence-corrected chi connectivity index (χ0v) is 13.5. The molecule has 22 heavy (non-hydrogen) atoms. The number of benzene rings is 1. The molecule has 1 atom stereocenters. The van der Waals surface area contributed by atoms with Crippen LogP contribution in [0.15, 0.2) is 30.3 Å². The number of carbonyl (C=O) groups is 1. The molecule has 0 unspecified atom stereocenters. The molecule has 0 saturated carbocycles. The summed E-state index contributed by atoms with van der Waals surface area (Å²) in [5.41, 5.74) is 1.01. The minimum absolute atomic E-state index is 0.155. The summed E-state index contributed by atoms with van der Waals surface area (Å²) in [6.07, 6.45) is 0.749. The van der Waals surface area contributed by atoms with Gasteiger partial charge in [0, 0.05) is 32.8 Å². The number of ether oxygens (including phenoxy) is 2. The summed E-state index contributed by atoms with van der Waals surface area (Å²) in [6.45, 7) is 6.66. The minimum Gasteiger partial charge on any atom is -0.445 e. The van der Waals surface area contributed by atoms with E-state index in [2.05, 4.69) is 11.8 Å². The standard InChI is InChI=1S/C17H26N2O3/c1-15-13-18(11-12-21-2)9-6-10-19(15)17(20)22-14-16-7-4-3-5-8-16/h3-5,7-8,15H,6,9-14H2,1-2H3/t15-/m0/s1. The fourth-order valence-electron chi connectivity index (χ4n) is 2.75. The second-order valence-corrected chi connectivity index (χ2v) is 5.73. The van der Waals surface area contributed by atoms with Crippen molar-refractivity contribution in [2.75, 3.05) is 39.9 Å². The lowest BCUT2D eigenvalue weighted by Gasteiger charge is -2.28. The fourth-order valence-corrected chi connectivity index (χ4v) is 2.75. The summed E-state index contributed by atoms with van der Waals surface area (Å²) >= 11 is 0. The molecule has 1 aromatic rings. The third-order valence-electron chi connectivity index (χ3n) is 3.98. The molecule has 1 aliphatic rings. The Morgan fingerprint density at radius 2 is 2.05 bits per heavy atom. The molecule has 1 heterocycles. The van der Waals surface area contributed by atoms with Crippen LogP contribution in [0, 0.1) is 0 Å². The van der Waals surface area contributed by atoms with Crippen LogP contribution in [-0.2, 0) is 16.1 Å². The first-order valence-electron chi connectivity index (χ1n) is 7.89. The molecule has 1 aromatic carbocycles. The van der Waals surface area contributed by atoms with E-state index >= 15 is 0 Å². The van der Waals surface area contributed by atoms with Gasteiger partial charge in [-0.05, 0) is 25.5 Å². The van der Waals surface area contributed by atoms with E-state index in [4.69, 9.17) is 9.47 Å². The Morgan fingerprint density at radius 1 is 1.27 bits per heavy atom. The second-order valence-electron chi connectivity index (χ2n) is 5.73. The summed E-state index contributed by atoms with van der Waals surface area (Å²) < 4.78 is 10.6. The molecule has 5 heteroatoms. The van der Waals surface area contributed by atoms with E-state index in [9.17, 15) is 4.79 Å². The van der Waals surface area contributed by atoms with Crippen LogP contribution in [-0.4, -0.2) is 61.8 Å². The molecule has 0 aliphatic carbocycles. The van der Waals surface area contributed by atoms with Crippen LogP contribution in [0.3, 0.4) is 0 Å². The normalized spacial score (nSPS) is 19.7. The predicted molar refractivity (Wildman–Crippen MR) is 85.7 cm³/mol. The Balaban J connectivity index is 1.84. The second kappa shape index (κ2) is 8.76. The van der Waals surface area contributed by atoms with E-state index in [0.717, 1.165) is 44.8 Å². The maximum absolute atomic E-state index is 12.3. The lowest BCUT2D eigenvalue weighted by molar-refractivity contribution is 0.0812. The highest BCUT2D eigenvalue weighted by Gasteiger charge is 2.26. The molecular weight excluding hydrogens is 280 g/mol. The van der Waals surface area contributed by atoms with Gasteiger partial charge in [0.1, 0.15) is 6.61 Å². The largest absolute Gasteiger partial charge is 0.445 e. The van der Waals surface area contributed by atoms with Gasteiger partial charge in [0.05, 0.1) is 6.61 Å². The average molecular weight is 306 g/mol. The lowest BCUT2D eigenvalue weighted by atomic mass is 10.2. The first kappa shape index (κ1) is 16.8. The van der Waals surface area contributed by atoms with Crippen molar-refractivity contribution in [1.82, 2.24) is 9.80 Å². The highest BCUT2D eigenvalue weighted by atomic mass is 16.6. The number of methoxy groups -OCH3 is 1. The zero-order chi connectivity index (χ0) is 15.8. The summed E-state index contributed by atoms with van der Waals surface area (Å²) in [5, 5.41) is 0. The van der Waals surface area contributed by atoms with Gasteiger partial charge in [0.25, 0.3) is 0 Å². The summed E-state index contributed by atoms with van der Waals surface area (Å²) in [4.78, 5) is 16.5. The number of hydrogen-bond donors (Lipinski definition) is 0. The molecule has 5 nitrogen and oxygen atoms in total. The summed E-state index contributed by atoms with van der Waals surface area (Å²) in [7, 11) is 1.72. The van der Waals surface area contributed by atoms with Gasteiger partial charge in [-0.3, -0.25) is 4.90 Å². The monoisotopic (exact) mass is 306 g/mol. The Morgan fingerprint density at radius 3 is 2.77 bits per heavy atom. The third-order valence-corrected chi connectivity index (χ3v) is 3.98. The van der Waals surface area contributed by atoms with Crippen LogP contribution in [0.1, 0.15) is 18.9 Å². The van der Waals surface area contributed by atoms with Gasteiger partial charge in [0.15, 0.2) is 0 Å². The molecule has 1 aliphatic heterocycles. The third kappa shape index (κ3) is 5.00. The molecule has 0 bridgehead atoms. The minimum atomic E-state index is -0.218. The molecule has 1 fully saturated rings. The van der Waals surface area contributed by atoms with E-state index in [1.807, 2.05) is 35.2 Å². The quantitative estimate of drug-likeness (QED) is 0.837. The van der Waals surface area contributed by atoms with Crippen LogP contribution >= 0.6 is 0 Å². The molecule has 0 N–H and O–H groups in total. The Kier molecular flexibility index (Phi) is 6.68. The number of hydrogen-bond acceptors (Lipinski definition) is 4. The summed E-state index contributed by atoms with van der Waals surface area (Å²) in [5.74, 6) is 0. The first-order chi connectivity index (χ1) is 10.7. The van der Waals surface area contributed by atoms with Crippen molar-refractivity contribution in [3.63, 3.8) is 0 Å². The molecular formula is C17H26N2O3. The molecule has 2 rings (SSSR count). The number of nitrogens with zero attached hydrogens (tertiary/aromatic N) is 2. The maximum atomic E-state index is 12.3. The molecule has 1 amide bonds. The van der Waals surface area contributed by atoms with E-state index < -0.39 is 0 Å². The lowest BCUT2D eigenvalue weighted by Crippen LogP contribution is -2.43. The zero-order valence-electron chi connectivity index (χ0n) is 13.5. The average Bonchev–Trinajstić information content (AvgIpc) is 2.73. The van der Waals surface area contributed by atoms with Crippen LogP contribution in [0.2, 0.25) is 0 Å². The first-order valence-corrected chi connectivity index (χ1v) is 7.89. The van der Waals surface area contributed by atoms with E-state index in [1.165, 1.54) is 0 Å². The highest BCUT2D eigenvalue weighted by Crippen LogP contribution is 2.12. The molecule has 0 spiro atoms. The van der Waals surface area contributed by atoms with Crippen molar-refractivity contribution in [2.45, 2.75) is 26.0 Å². The Bertz CT molecular complexity index is 452. The van der Waals surface area contributed by atoms with Crippen molar-refractivity contribution in [2.24, 2.45) is 0 Å². The SMILES string of the molecule is COCCN1CCCN(C(=O)OCc2ccccc2)[C@@H](C)C1. The number of rotatable bonds is 5. The number of carbonyl (C=O) groups excluding carboxylic acids is 1. The van der Waals surface area contributed by atoms with Gasteiger partial charge < -0.3 is 14.4 Å². The van der Waals surface area contributed by atoms with Crippen molar-refractivity contribution in [1.29, 1.82) is 0 Å². The number of amides is 1. The molecule has 122 valence electrons.